The molecule has 0 N–H and O–H groups in total. The van der Waals surface area contributed by atoms with E-state index in [1.54, 1.807) is 30.7 Å². The van der Waals surface area contributed by atoms with Crippen LogP contribution in [-0.4, -0.2) is 32.9 Å². The topological polar surface area (TPSA) is 66.2 Å². The van der Waals surface area contributed by atoms with Crippen molar-refractivity contribution in [2.75, 3.05) is 0 Å². The molecule has 0 saturated carbocycles. The van der Waals surface area contributed by atoms with Gasteiger partial charge in [0.1, 0.15) is 0 Å². The fourth-order valence-corrected chi connectivity index (χ4v) is 2.15. The molecule has 0 unspecified atom stereocenters. The highest BCUT2D eigenvalue weighted by atomic mass is 16.7. The molecule has 0 spiro atoms. The van der Waals surface area contributed by atoms with Crippen LogP contribution in [0, 0.1) is 0 Å². The minimum Gasteiger partial charge on any atom is -0.399 e. The highest BCUT2D eigenvalue weighted by Gasteiger charge is 2.51. The predicted molar refractivity (Wildman–Crippen MR) is 83.3 cm³/mol. The number of rotatable bonds is 2. The second-order valence-electron chi connectivity index (χ2n) is 6.31. The number of hydrogen-bond donors (Lipinski definition) is 0. The Bertz CT molecular complexity index is 724. The molecule has 0 atom stereocenters. The first kappa shape index (κ1) is 14.9. The van der Waals surface area contributed by atoms with Crippen molar-refractivity contribution in [1.29, 1.82) is 0 Å². The fourth-order valence-electron chi connectivity index (χ4n) is 2.15. The van der Waals surface area contributed by atoms with Gasteiger partial charge in [0.15, 0.2) is 0 Å². The van der Waals surface area contributed by atoms with Gasteiger partial charge in [-0.3, -0.25) is 9.36 Å². The quantitative estimate of drug-likeness (QED) is 0.772. The van der Waals surface area contributed by atoms with Crippen molar-refractivity contribution < 1.29 is 9.31 Å². The molecule has 7 heteroatoms. The zero-order valence-corrected chi connectivity index (χ0v) is 13.1. The summed E-state index contributed by atoms with van der Waals surface area (Å²) in [6.45, 7) is 7.97. The standard InChI is InChI=1S/C15H18BN3O3/c1-14(2)15(3,4)22-16(21-14)11-9-17-13(18-10-11)19-8-6-5-7-12(19)20/h5-10H,1-4H3. The predicted octanol–water partition coefficient (Wildman–Crippen LogP) is 0.927. The van der Waals surface area contributed by atoms with Crippen molar-refractivity contribution in [3.63, 3.8) is 0 Å². The van der Waals surface area contributed by atoms with Gasteiger partial charge in [-0.1, -0.05) is 6.07 Å². The maximum Gasteiger partial charge on any atom is 0.498 e. The molecular formula is C15H18BN3O3. The van der Waals surface area contributed by atoms with Crippen LogP contribution in [0.5, 0.6) is 0 Å². The van der Waals surface area contributed by atoms with Crippen LogP contribution in [0.15, 0.2) is 41.6 Å². The number of pyridine rings is 1. The summed E-state index contributed by atoms with van der Waals surface area (Å²) in [5.74, 6) is 0.325. The van der Waals surface area contributed by atoms with Crippen LogP contribution in [0.2, 0.25) is 0 Å². The van der Waals surface area contributed by atoms with Crippen molar-refractivity contribution in [2.24, 2.45) is 0 Å². The van der Waals surface area contributed by atoms with Crippen LogP contribution in [-0.2, 0) is 9.31 Å². The second-order valence-corrected chi connectivity index (χ2v) is 6.31. The average molecular weight is 299 g/mol. The number of nitrogens with zero attached hydrogens (tertiary/aromatic N) is 3. The molecule has 0 radical (unpaired) electrons. The van der Waals surface area contributed by atoms with Crippen molar-refractivity contribution >= 4 is 12.6 Å². The molecule has 22 heavy (non-hydrogen) atoms. The molecule has 0 aliphatic carbocycles. The molecule has 1 fully saturated rings. The van der Waals surface area contributed by atoms with E-state index in [1.807, 2.05) is 27.7 Å². The van der Waals surface area contributed by atoms with Gasteiger partial charge in [-0.25, -0.2) is 9.97 Å². The lowest BCUT2D eigenvalue weighted by atomic mass is 9.81. The Kier molecular flexibility index (Phi) is 3.42. The Morgan fingerprint density at radius 3 is 2.18 bits per heavy atom. The van der Waals surface area contributed by atoms with Gasteiger partial charge in [-0.2, -0.15) is 0 Å². The van der Waals surface area contributed by atoms with Crippen LogP contribution in [0.1, 0.15) is 27.7 Å². The molecule has 2 aromatic rings. The molecule has 1 saturated heterocycles. The molecule has 1 aliphatic heterocycles. The lowest BCUT2D eigenvalue weighted by Crippen LogP contribution is -2.41. The molecule has 114 valence electrons. The van der Waals surface area contributed by atoms with Gasteiger partial charge in [-0.15, -0.1) is 0 Å². The second kappa shape index (κ2) is 5.03. The van der Waals surface area contributed by atoms with E-state index in [9.17, 15) is 4.79 Å². The smallest absolute Gasteiger partial charge is 0.399 e. The van der Waals surface area contributed by atoms with Gasteiger partial charge >= 0.3 is 7.12 Å². The maximum absolute atomic E-state index is 11.8. The van der Waals surface area contributed by atoms with Crippen molar-refractivity contribution in [1.82, 2.24) is 14.5 Å². The van der Waals surface area contributed by atoms with Gasteiger partial charge in [-0.05, 0) is 33.8 Å². The summed E-state index contributed by atoms with van der Waals surface area (Å²) < 4.78 is 13.3. The maximum atomic E-state index is 11.8. The summed E-state index contributed by atoms with van der Waals surface area (Å²) in [7, 11) is -0.508. The summed E-state index contributed by atoms with van der Waals surface area (Å²) in [6, 6.07) is 4.90. The van der Waals surface area contributed by atoms with Gasteiger partial charge in [0.05, 0.1) is 11.2 Å². The Labute approximate surface area is 129 Å². The van der Waals surface area contributed by atoms with Crippen molar-refractivity contribution in [2.45, 2.75) is 38.9 Å². The highest BCUT2D eigenvalue weighted by Crippen LogP contribution is 2.36. The summed E-state index contributed by atoms with van der Waals surface area (Å²) in [6.07, 6.45) is 4.89. The van der Waals surface area contributed by atoms with E-state index in [0.717, 1.165) is 5.46 Å². The number of hydrogen-bond acceptors (Lipinski definition) is 5. The van der Waals surface area contributed by atoms with Gasteiger partial charge < -0.3 is 9.31 Å². The first-order chi connectivity index (χ1) is 10.3. The third-order valence-electron chi connectivity index (χ3n) is 4.22. The van der Waals surface area contributed by atoms with Gasteiger partial charge in [0, 0.05) is 30.1 Å². The monoisotopic (exact) mass is 299 g/mol. The van der Waals surface area contributed by atoms with Crippen molar-refractivity contribution in [3.05, 3.63) is 47.1 Å². The third kappa shape index (κ3) is 2.46. The van der Waals surface area contributed by atoms with Crippen LogP contribution < -0.4 is 11.0 Å². The molecule has 0 aromatic carbocycles. The molecular weight excluding hydrogens is 281 g/mol. The fraction of sp³-hybridized carbons (Fsp3) is 0.400. The van der Waals surface area contributed by atoms with Crippen LogP contribution in [0.3, 0.4) is 0 Å². The largest absolute Gasteiger partial charge is 0.498 e. The van der Waals surface area contributed by atoms with Crippen molar-refractivity contribution in [3.8, 4) is 5.95 Å². The lowest BCUT2D eigenvalue weighted by molar-refractivity contribution is 0.00578. The van der Waals surface area contributed by atoms with E-state index in [2.05, 4.69) is 9.97 Å². The normalized spacial score (nSPS) is 19.4. The first-order valence-corrected chi connectivity index (χ1v) is 7.16. The van der Waals surface area contributed by atoms with Crippen LogP contribution in [0.4, 0.5) is 0 Å². The lowest BCUT2D eigenvalue weighted by Gasteiger charge is -2.32. The minimum atomic E-state index is -0.508. The molecule has 1 aliphatic rings. The number of aromatic nitrogens is 3. The minimum absolute atomic E-state index is 0.175. The SMILES string of the molecule is CC1(C)OB(c2cnc(-n3ccccc3=O)nc2)OC1(C)C. The summed E-state index contributed by atoms with van der Waals surface area (Å²) in [4.78, 5) is 20.2. The van der Waals surface area contributed by atoms with Gasteiger partial charge in [0.2, 0.25) is 5.95 Å². The van der Waals surface area contributed by atoms with E-state index in [4.69, 9.17) is 9.31 Å². The zero-order valence-electron chi connectivity index (χ0n) is 13.1. The zero-order chi connectivity index (χ0) is 16.0. The first-order valence-electron chi connectivity index (χ1n) is 7.16. The van der Waals surface area contributed by atoms with Crippen LogP contribution in [0.25, 0.3) is 5.95 Å². The van der Waals surface area contributed by atoms with Crippen LogP contribution >= 0.6 is 0 Å². The summed E-state index contributed by atoms with van der Waals surface area (Å²) in [5, 5.41) is 0. The Morgan fingerprint density at radius 1 is 1.05 bits per heavy atom. The molecule has 2 aromatic heterocycles. The van der Waals surface area contributed by atoms with E-state index in [0.29, 0.717) is 5.95 Å². The molecule has 0 bridgehead atoms. The Morgan fingerprint density at radius 2 is 1.64 bits per heavy atom. The third-order valence-corrected chi connectivity index (χ3v) is 4.22. The van der Waals surface area contributed by atoms with E-state index >= 15 is 0 Å². The van der Waals surface area contributed by atoms with E-state index in [-0.39, 0.29) is 5.56 Å². The Hall–Kier alpha value is -1.99. The average Bonchev–Trinajstić information content (AvgIpc) is 2.68. The summed E-state index contributed by atoms with van der Waals surface area (Å²) in [5.41, 5.74) is -0.267. The van der Waals surface area contributed by atoms with E-state index < -0.39 is 18.3 Å². The Balaban J connectivity index is 1.88. The van der Waals surface area contributed by atoms with Gasteiger partial charge in [0.25, 0.3) is 5.56 Å². The molecule has 6 nitrogen and oxygen atoms in total. The molecule has 3 heterocycles. The van der Waals surface area contributed by atoms with E-state index in [1.165, 1.54) is 10.6 Å². The highest BCUT2D eigenvalue weighted by molar-refractivity contribution is 6.61. The summed E-state index contributed by atoms with van der Waals surface area (Å²) >= 11 is 0. The molecule has 0 amide bonds. The molecule has 3 rings (SSSR count).